The van der Waals surface area contributed by atoms with Crippen molar-refractivity contribution < 1.29 is 19.0 Å². The van der Waals surface area contributed by atoms with Gasteiger partial charge in [0, 0.05) is 13.6 Å². The van der Waals surface area contributed by atoms with E-state index < -0.39 is 0 Å². The maximum atomic E-state index is 12.2. The standard InChI is InChI=1S/C17H23NO4/c1-18(17(19)11-20-14-5-3-2-4-6-14)10-13-7-8-15-16(9-13)22-12-21-15/h7-9,14H,2-6,10-12H2,1H3. The highest BCUT2D eigenvalue weighted by molar-refractivity contribution is 5.77. The van der Waals surface area contributed by atoms with Crippen LogP contribution in [-0.2, 0) is 16.1 Å². The lowest BCUT2D eigenvalue weighted by molar-refractivity contribution is -0.138. The van der Waals surface area contributed by atoms with Crippen molar-refractivity contribution in [3.63, 3.8) is 0 Å². The van der Waals surface area contributed by atoms with E-state index in [9.17, 15) is 4.79 Å². The number of carbonyl (C=O) groups is 1. The van der Waals surface area contributed by atoms with E-state index in [0.717, 1.165) is 29.9 Å². The molecule has 1 aliphatic heterocycles. The second-order valence-corrected chi connectivity index (χ2v) is 6.01. The first-order valence-corrected chi connectivity index (χ1v) is 7.96. The number of amides is 1. The molecule has 1 aliphatic carbocycles. The molecule has 0 saturated heterocycles. The van der Waals surface area contributed by atoms with E-state index in [0.29, 0.717) is 6.54 Å². The highest BCUT2D eigenvalue weighted by Gasteiger charge is 2.18. The Balaban J connectivity index is 1.48. The monoisotopic (exact) mass is 305 g/mol. The Morgan fingerprint density at radius 1 is 1.23 bits per heavy atom. The third-order valence-corrected chi connectivity index (χ3v) is 4.28. The summed E-state index contributed by atoms with van der Waals surface area (Å²) in [5.41, 5.74) is 1.03. The molecular formula is C17H23NO4. The van der Waals surface area contributed by atoms with Gasteiger partial charge in [-0.1, -0.05) is 25.3 Å². The molecule has 1 fully saturated rings. The molecule has 3 rings (SSSR count). The van der Waals surface area contributed by atoms with Crippen LogP contribution in [0, 0.1) is 0 Å². The number of hydrogen-bond donors (Lipinski definition) is 0. The number of benzene rings is 1. The van der Waals surface area contributed by atoms with Gasteiger partial charge in [0.15, 0.2) is 11.5 Å². The Morgan fingerprint density at radius 2 is 2.00 bits per heavy atom. The summed E-state index contributed by atoms with van der Waals surface area (Å²) in [6.45, 7) is 0.984. The Morgan fingerprint density at radius 3 is 2.82 bits per heavy atom. The van der Waals surface area contributed by atoms with Crippen LogP contribution in [0.5, 0.6) is 11.5 Å². The lowest BCUT2D eigenvalue weighted by Crippen LogP contribution is -2.32. The van der Waals surface area contributed by atoms with Gasteiger partial charge in [-0.15, -0.1) is 0 Å². The lowest BCUT2D eigenvalue weighted by atomic mass is 9.98. The quantitative estimate of drug-likeness (QED) is 0.839. The van der Waals surface area contributed by atoms with Crippen LogP contribution in [0.3, 0.4) is 0 Å². The molecule has 2 aliphatic rings. The van der Waals surface area contributed by atoms with Crippen molar-refractivity contribution in [1.29, 1.82) is 0 Å². The van der Waals surface area contributed by atoms with Crippen LogP contribution in [-0.4, -0.2) is 37.4 Å². The Bertz CT molecular complexity index is 525. The van der Waals surface area contributed by atoms with Gasteiger partial charge in [0.25, 0.3) is 0 Å². The molecule has 120 valence electrons. The largest absolute Gasteiger partial charge is 0.454 e. The molecule has 0 spiro atoms. The molecule has 0 bridgehead atoms. The molecule has 1 heterocycles. The average Bonchev–Trinajstić information content (AvgIpc) is 3.01. The zero-order valence-corrected chi connectivity index (χ0v) is 13.0. The van der Waals surface area contributed by atoms with Gasteiger partial charge >= 0.3 is 0 Å². The van der Waals surface area contributed by atoms with Gasteiger partial charge in [0.1, 0.15) is 6.61 Å². The molecule has 1 saturated carbocycles. The molecule has 5 heteroatoms. The van der Waals surface area contributed by atoms with Crippen LogP contribution < -0.4 is 9.47 Å². The summed E-state index contributed by atoms with van der Waals surface area (Å²) >= 11 is 0. The van der Waals surface area contributed by atoms with E-state index in [1.165, 1.54) is 19.3 Å². The van der Waals surface area contributed by atoms with Crippen molar-refractivity contribution >= 4 is 5.91 Å². The van der Waals surface area contributed by atoms with Crippen molar-refractivity contribution in [2.45, 2.75) is 44.8 Å². The van der Waals surface area contributed by atoms with Gasteiger partial charge in [0.05, 0.1) is 6.10 Å². The van der Waals surface area contributed by atoms with Crippen LogP contribution >= 0.6 is 0 Å². The van der Waals surface area contributed by atoms with Crippen LogP contribution in [0.1, 0.15) is 37.7 Å². The van der Waals surface area contributed by atoms with Crippen molar-refractivity contribution in [2.75, 3.05) is 20.4 Å². The summed E-state index contributed by atoms with van der Waals surface area (Å²) in [7, 11) is 1.80. The number of ether oxygens (including phenoxy) is 3. The van der Waals surface area contributed by atoms with Crippen LogP contribution in [0.4, 0.5) is 0 Å². The number of carbonyl (C=O) groups excluding carboxylic acids is 1. The summed E-state index contributed by atoms with van der Waals surface area (Å²) in [5.74, 6) is 1.53. The highest BCUT2D eigenvalue weighted by atomic mass is 16.7. The molecular weight excluding hydrogens is 282 g/mol. The van der Waals surface area contributed by atoms with Gasteiger partial charge in [-0.05, 0) is 30.5 Å². The molecule has 1 aromatic carbocycles. The number of fused-ring (bicyclic) bond motifs is 1. The fourth-order valence-electron chi connectivity index (χ4n) is 2.93. The predicted octanol–water partition coefficient (Wildman–Crippen LogP) is 2.72. The average molecular weight is 305 g/mol. The second kappa shape index (κ2) is 7.01. The molecule has 22 heavy (non-hydrogen) atoms. The van der Waals surface area contributed by atoms with Crippen molar-refractivity contribution in [3.05, 3.63) is 23.8 Å². The van der Waals surface area contributed by atoms with E-state index in [-0.39, 0.29) is 25.4 Å². The highest BCUT2D eigenvalue weighted by Crippen LogP contribution is 2.32. The predicted molar refractivity (Wildman–Crippen MR) is 81.9 cm³/mol. The SMILES string of the molecule is CN(Cc1ccc2c(c1)OCO2)C(=O)COC1CCCCC1. The van der Waals surface area contributed by atoms with E-state index >= 15 is 0 Å². The summed E-state index contributed by atoms with van der Waals surface area (Å²) in [4.78, 5) is 13.9. The summed E-state index contributed by atoms with van der Waals surface area (Å²) in [6.07, 6.45) is 6.14. The molecule has 1 amide bonds. The Labute approximate surface area is 131 Å². The third-order valence-electron chi connectivity index (χ3n) is 4.28. The van der Waals surface area contributed by atoms with E-state index in [2.05, 4.69) is 0 Å². The van der Waals surface area contributed by atoms with E-state index in [1.807, 2.05) is 18.2 Å². The molecule has 0 atom stereocenters. The molecule has 0 radical (unpaired) electrons. The van der Waals surface area contributed by atoms with Gasteiger partial charge in [-0.2, -0.15) is 0 Å². The summed E-state index contributed by atoms with van der Waals surface area (Å²) in [6, 6.07) is 5.77. The first kappa shape index (κ1) is 15.2. The van der Waals surface area contributed by atoms with Crippen molar-refractivity contribution in [1.82, 2.24) is 4.90 Å². The fraction of sp³-hybridized carbons (Fsp3) is 0.588. The van der Waals surface area contributed by atoms with Crippen LogP contribution in [0.25, 0.3) is 0 Å². The minimum Gasteiger partial charge on any atom is -0.454 e. The number of rotatable bonds is 5. The molecule has 0 aromatic heterocycles. The molecule has 0 N–H and O–H groups in total. The molecule has 0 unspecified atom stereocenters. The molecule has 1 aromatic rings. The minimum atomic E-state index is 0.0169. The zero-order chi connectivity index (χ0) is 15.4. The van der Waals surface area contributed by atoms with Gasteiger partial charge in [-0.3, -0.25) is 4.79 Å². The van der Waals surface area contributed by atoms with Crippen molar-refractivity contribution in [2.24, 2.45) is 0 Å². The topological polar surface area (TPSA) is 48.0 Å². The molecule has 5 nitrogen and oxygen atoms in total. The van der Waals surface area contributed by atoms with E-state index in [4.69, 9.17) is 14.2 Å². The summed E-state index contributed by atoms with van der Waals surface area (Å²) in [5, 5.41) is 0. The van der Waals surface area contributed by atoms with Gasteiger partial charge in [0.2, 0.25) is 12.7 Å². The number of likely N-dealkylation sites (N-methyl/N-ethyl adjacent to an activating group) is 1. The second-order valence-electron chi connectivity index (χ2n) is 6.01. The Kier molecular flexibility index (Phi) is 4.83. The lowest BCUT2D eigenvalue weighted by Gasteiger charge is -2.23. The van der Waals surface area contributed by atoms with E-state index in [1.54, 1.807) is 11.9 Å². The smallest absolute Gasteiger partial charge is 0.248 e. The van der Waals surface area contributed by atoms with Gasteiger partial charge < -0.3 is 19.1 Å². The van der Waals surface area contributed by atoms with Gasteiger partial charge in [-0.25, -0.2) is 0 Å². The first-order chi connectivity index (χ1) is 10.7. The Hall–Kier alpha value is -1.75. The number of nitrogens with zero attached hydrogens (tertiary/aromatic N) is 1. The van der Waals surface area contributed by atoms with Crippen LogP contribution in [0.15, 0.2) is 18.2 Å². The normalized spacial score (nSPS) is 17.5. The maximum absolute atomic E-state index is 12.2. The zero-order valence-electron chi connectivity index (χ0n) is 13.0. The summed E-state index contributed by atoms with van der Waals surface area (Å²) < 4.78 is 16.4. The third kappa shape index (κ3) is 3.71. The fourth-order valence-corrected chi connectivity index (χ4v) is 2.93. The number of hydrogen-bond acceptors (Lipinski definition) is 4. The first-order valence-electron chi connectivity index (χ1n) is 7.96. The maximum Gasteiger partial charge on any atom is 0.248 e. The minimum absolute atomic E-state index is 0.0169. The van der Waals surface area contributed by atoms with Crippen LogP contribution in [0.2, 0.25) is 0 Å². The van der Waals surface area contributed by atoms with Crippen molar-refractivity contribution in [3.8, 4) is 11.5 Å².